The van der Waals surface area contributed by atoms with E-state index in [2.05, 4.69) is 15.3 Å². The summed E-state index contributed by atoms with van der Waals surface area (Å²) >= 11 is 0. The molecule has 0 aliphatic carbocycles. The third kappa shape index (κ3) is 4.23. The number of aliphatic hydroxyl groups excluding tert-OH is 1. The Hall–Kier alpha value is -3.13. The Morgan fingerprint density at radius 3 is 2.82 bits per heavy atom. The van der Waals surface area contributed by atoms with Gasteiger partial charge in [0.2, 0.25) is 5.43 Å². The number of benzene rings is 1. The van der Waals surface area contributed by atoms with Crippen LogP contribution in [-0.2, 0) is 6.42 Å². The lowest BCUT2D eigenvalue weighted by Crippen LogP contribution is -2.34. The zero-order valence-electron chi connectivity index (χ0n) is 15.1. The predicted molar refractivity (Wildman–Crippen MR) is 100 cm³/mol. The Morgan fingerprint density at radius 1 is 1.29 bits per heavy atom. The van der Waals surface area contributed by atoms with Crippen LogP contribution in [0.3, 0.4) is 0 Å². The third-order valence-electron chi connectivity index (χ3n) is 4.45. The number of aryl methyl sites for hydroxylation is 1. The number of H-pyrrole nitrogens is 1. The van der Waals surface area contributed by atoms with Crippen LogP contribution in [0.15, 0.2) is 41.3 Å². The van der Waals surface area contributed by atoms with Crippen molar-refractivity contribution in [2.75, 3.05) is 13.2 Å². The first-order valence-electron chi connectivity index (χ1n) is 8.71. The van der Waals surface area contributed by atoms with Crippen molar-refractivity contribution >= 4 is 16.9 Å². The van der Waals surface area contributed by atoms with Gasteiger partial charge in [0.1, 0.15) is 22.8 Å². The fourth-order valence-corrected chi connectivity index (χ4v) is 2.91. The minimum absolute atomic E-state index is 0.00505. The summed E-state index contributed by atoms with van der Waals surface area (Å²) in [5, 5.41) is 12.4. The highest BCUT2D eigenvalue weighted by Crippen LogP contribution is 2.14. The molecule has 0 unspecified atom stereocenters. The van der Waals surface area contributed by atoms with Crippen LogP contribution >= 0.6 is 0 Å². The molecule has 6 nitrogen and oxygen atoms in total. The second-order valence-corrected chi connectivity index (χ2v) is 6.58. The van der Waals surface area contributed by atoms with Gasteiger partial charge in [-0.2, -0.15) is 0 Å². The predicted octanol–water partition coefficient (Wildman–Crippen LogP) is 2.09. The molecule has 2 heterocycles. The van der Waals surface area contributed by atoms with Crippen molar-refractivity contribution in [2.45, 2.75) is 13.3 Å². The Bertz CT molecular complexity index is 1080. The maximum atomic E-state index is 13.8. The number of hydrogen-bond acceptors (Lipinski definition) is 4. The molecule has 0 bridgehead atoms. The van der Waals surface area contributed by atoms with E-state index in [-0.39, 0.29) is 30.7 Å². The first-order valence-corrected chi connectivity index (χ1v) is 8.71. The molecular formula is C20H19F2N3O3. The van der Waals surface area contributed by atoms with Crippen LogP contribution in [0.2, 0.25) is 0 Å². The molecule has 146 valence electrons. The molecule has 0 saturated heterocycles. The van der Waals surface area contributed by atoms with Gasteiger partial charge in [0, 0.05) is 31.0 Å². The second kappa shape index (κ2) is 8.26. The highest BCUT2D eigenvalue weighted by atomic mass is 19.1. The third-order valence-corrected chi connectivity index (χ3v) is 4.45. The number of rotatable bonds is 6. The zero-order valence-corrected chi connectivity index (χ0v) is 15.1. The average Bonchev–Trinajstić information content (AvgIpc) is 2.67. The fourth-order valence-electron chi connectivity index (χ4n) is 2.91. The van der Waals surface area contributed by atoms with Crippen molar-refractivity contribution in [1.82, 2.24) is 15.3 Å². The van der Waals surface area contributed by atoms with E-state index >= 15 is 0 Å². The van der Waals surface area contributed by atoms with E-state index in [1.165, 1.54) is 6.20 Å². The number of carbonyl (C=O) groups is 1. The monoisotopic (exact) mass is 387 g/mol. The number of aliphatic hydroxyl groups is 1. The largest absolute Gasteiger partial charge is 0.396 e. The molecular weight excluding hydrogens is 368 g/mol. The Morgan fingerprint density at radius 2 is 2.07 bits per heavy atom. The standard InChI is InChI=1S/C20H19F2N3O3/c1-11-2-4-15-18(27)16(9-23-19(15)25-11)20(28)24-8-12(10-26)6-13-7-14(21)3-5-17(13)22/h2-5,7,9,12,26H,6,8,10H2,1H3,(H,24,28)(H,23,25,27)/t12-/m0/s1. The summed E-state index contributed by atoms with van der Waals surface area (Å²) in [4.78, 5) is 31.9. The first kappa shape index (κ1) is 19.6. The molecule has 1 amide bonds. The summed E-state index contributed by atoms with van der Waals surface area (Å²) in [6, 6.07) is 6.35. The number of amides is 1. The summed E-state index contributed by atoms with van der Waals surface area (Å²) in [5.41, 5.74) is 0.674. The van der Waals surface area contributed by atoms with E-state index in [1.54, 1.807) is 19.1 Å². The molecule has 1 aromatic carbocycles. The van der Waals surface area contributed by atoms with Gasteiger partial charge in [-0.1, -0.05) is 0 Å². The van der Waals surface area contributed by atoms with Gasteiger partial charge in [0.25, 0.3) is 5.91 Å². The molecule has 3 N–H and O–H groups in total. The topological polar surface area (TPSA) is 95.1 Å². The quantitative estimate of drug-likeness (QED) is 0.604. The van der Waals surface area contributed by atoms with Crippen molar-refractivity contribution in [3.8, 4) is 0 Å². The molecule has 8 heteroatoms. The van der Waals surface area contributed by atoms with Gasteiger partial charge in [-0.15, -0.1) is 0 Å². The van der Waals surface area contributed by atoms with E-state index < -0.39 is 28.9 Å². The van der Waals surface area contributed by atoms with Gasteiger partial charge < -0.3 is 15.4 Å². The molecule has 3 aromatic rings. The van der Waals surface area contributed by atoms with Crippen LogP contribution in [0.4, 0.5) is 8.78 Å². The Labute approximate surface area is 159 Å². The van der Waals surface area contributed by atoms with Gasteiger partial charge in [-0.3, -0.25) is 9.59 Å². The molecule has 3 rings (SSSR count). The van der Waals surface area contributed by atoms with Crippen LogP contribution in [0.1, 0.15) is 21.6 Å². The molecule has 0 saturated carbocycles. The maximum Gasteiger partial charge on any atom is 0.256 e. The van der Waals surface area contributed by atoms with Crippen molar-refractivity contribution in [2.24, 2.45) is 5.92 Å². The van der Waals surface area contributed by atoms with Gasteiger partial charge in [0.05, 0.1) is 5.39 Å². The lowest BCUT2D eigenvalue weighted by atomic mass is 9.99. The lowest BCUT2D eigenvalue weighted by molar-refractivity contribution is 0.0938. The van der Waals surface area contributed by atoms with Crippen LogP contribution in [-0.4, -0.2) is 34.1 Å². The second-order valence-electron chi connectivity index (χ2n) is 6.58. The van der Waals surface area contributed by atoms with E-state index in [4.69, 9.17) is 0 Å². The van der Waals surface area contributed by atoms with Crippen molar-refractivity contribution < 1.29 is 18.7 Å². The van der Waals surface area contributed by atoms with Crippen molar-refractivity contribution in [1.29, 1.82) is 0 Å². The van der Waals surface area contributed by atoms with Gasteiger partial charge >= 0.3 is 0 Å². The normalized spacial score (nSPS) is 12.1. The van der Waals surface area contributed by atoms with Gasteiger partial charge in [-0.05, 0) is 49.2 Å². The molecule has 0 fully saturated rings. The smallest absolute Gasteiger partial charge is 0.256 e. The van der Waals surface area contributed by atoms with Crippen LogP contribution < -0.4 is 10.7 Å². The SMILES string of the molecule is Cc1ccc2c(=O)c(C(=O)NC[C@@H](CO)Cc3cc(F)ccc3F)c[nH]c2n1. The number of hydrogen-bond donors (Lipinski definition) is 3. The molecule has 0 radical (unpaired) electrons. The number of fused-ring (bicyclic) bond motifs is 1. The van der Waals surface area contributed by atoms with Crippen LogP contribution in [0.5, 0.6) is 0 Å². The molecule has 28 heavy (non-hydrogen) atoms. The molecule has 0 aliphatic rings. The highest BCUT2D eigenvalue weighted by molar-refractivity contribution is 5.96. The van der Waals surface area contributed by atoms with Crippen LogP contribution in [0, 0.1) is 24.5 Å². The summed E-state index contributed by atoms with van der Waals surface area (Å²) in [5.74, 6) is -2.32. The number of aromatic nitrogens is 2. The van der Waals surface area contributed by atoms with E-state index in [9.17, 15) is 23.5 Å². The lowest BCUT2D eigenvalue weighted by Gasteiger charge is -2.15. The van der Waals surface area contributed by atoms with E-state index in [1.807, 2.05) is 0 Å². The molecule has 1 atom stereocenters. The average molecular weight is 387 g/mol. The Kier molecular flexibility index (Phi) is 5.79. The summed E-state index contributed by atoms with van der Waals surface area (Å²) in [6.07, 6.45) is 1.32. The minimum atomic E-state index is -0.623. The Balaban J connectivity index is 1.73. The number of nitrogens with zero attached hydrogens (tertiary/aromatic N) is 1. The maximum absolute atomic E-state index is 13.8. The summed E-state index contributed by atoms with van der Waals surface area (Å²) in [6.45, 7) is 1.44. The molecule has 0 aliphatic heterocycles. The number of nitrogens with one attached hydrogen (secondary N) is 2. The van der Waals surface area contributed by atoms with E-state index in [0.29, 0.717) is 11.0 Å². The molecule has 2 aromatic heterocycles. The van der Waals surface area contributed by atoms with E-state index in [0.717, 1.165) is 23.9 Å². The summed E-state index contributed by atoms with van der Waals surface area (Å²) < 4.78 is 27.1. The summed E-state index contributed by atoms with van der Waals surface area (Å²) in [7, 11) is 0. The number of aromatic amines is 1. The van der Waals surface area contributed by atoms with Crippen molar-refractivity contribution in [3.05, 3.63) is 75.2 Å². The first-order chi connectivity index (χ1) is 13.4. The zero-order chi connectivity index (χ0) is 20.3. The highest BCUT2D eigenvalue weighted by Gasteiger charge is 2.17. The number of pyridine rings is 2. The van der Waals surface area contributed by atoms with Crippen LogP contribution in [0.25, 0.3) is 11.0 Å². The minimum Gasteiger partial charge on any atom is -0.396 e. The van der Waals surface area contributed by atoms with Crippen molar-refractivity contribution in [3.63, 3.8) is 0 Å². The number of halogens is 2. The molecule has 0 spiro atoms. The van der Waals surface area contributed by atoms with Gasteiger partial charge in [-0.25, -0.2) is 13.8 Å². The number of carbonyl (C=O) groups excluding carboxylic acids is 1. The van der Waals surface area contributed by atoms with Gasteiger partial charge in [0.15, 0.2) is 0 Å². The fraction of sp³-hybridized carbons (Fsp3) is 0.250.